The summed E-state index contributed by atoms with van der Waals surface area (Å²) in [5.74, 6) is 0. The van der Waals surface area contributed by atoms with Crippen LogP contribution in [-0.4, -0.2) is 0 Å². The van der Waals surface area contributed by atoms with E-state index in [2.05, 4.69) is 0 Å². The Labute approximate surface area is 73.7 Å². The minimum atomic E-state index is 0. The van der Waals surface area contributed by atoms with Crippen LogP contribution in [0.5, 0.6) is 0 Å². The molecule has 0 fully saturated rings. The molecule has 0 nitrogen and oxygen atoms in total. The van der Waals surface area contributed by atoms with Gasteiger partial charge in [-0.25, -0.2) is 0 Å². The van der Waals surface area contributed by atoms with Crippen molar-refractivity contribution >= 4 is 0 Å². The van der Waals surface area contributed by atoms with Crippen LogP contribution in [0.3, 0.4) is 0 Å². The molecular formula is C3H9RuY. The number of rotatable bonds is 0. The van der Waals surface area contributed by atoms with E-state index in [1.165, 1.54) is 0 Å². The first-order valence-corrected chi connectivity index (χ1v) is 0. The Morgan fingerprint density at radius 3 is 0.600 bits per heavy atom. The fraction of sp³-hybridized carbons (Fsp3) is 0. The van der Waals surface area contributed by atoms with Gasteiger partial charge in [-0.1, -0.05) is 0 Å². The van der Waals surface area contributed by atoms with E-state index in [1.807, 2.05) is 0 Å². The summed E-state index contributed by atoms with van der Waals surface area (Å²) in [5, 5.41) is 0. The summed E-state index contributed by atoms with van der Waals surface area (Å²) in [4.78, 5) is 0. The van der Waals surface area contributed by atoms with Gasteiger partial charge in [0.05, 0.1) is 0 Å². The monoisotopic (exact) mass is 236 g/mol. The van der Waals surface area contributed by atoms with E-state index in [-0.39, 0.29) is 74.5 Å². The average molecular weight is 235 g/mol. The molecule has 0 aliphatic heterocycles. The Hall–Kier alpha value is 1.73. The number of hydrogen-bond donors (Lipinski definition) is 0. The van der Waals surface area contributed by atoms with Crippen LogP contribution >= 0.6 is 0 Å². The maximum Gasteiger partial charge on any atom is 3.00 e. The summed E-state index contributed by atoms with van der Waals surface area (Å²) in [6.07, 6.45) is 0. The number of hydrogen-bond acceptors (Lipinski definition) is 0. The van der Waals surface area contributed by atoms with Gasteiger partial charge in [0.15, 0.2) is 0 Å². The molecule has 0 rings (SSSR count). The molecule has 0 spiro atoms. The quantitative estimate of drug-likeness (QED) is 0.439. The van der Waals surface area contributed by atoms with Gasteiger partial charge >= 0.3 is 19.5 Å². The average Bonchev–Trinajstić information content (AvgIpc) is 0. The Balaban J connectivity index is 0. The van der Waals surface area contributed by atoms with E-state index in [9.17, 15) is 0 Å². The van der Waals surface area contributed by atoms with E-state index < -0.39 is 0 Å². The SMILES string of the molecule is [CH3-].[CH3-].[CH3-].[Ru+3].[Y]. The van der Waals surface area contributed by atoms with E-state index in [0.717, 1.165) is 0 Å². The fourth-order valence-corrected chi connectivity index (χ4v) is 0. The van der Waals surface area contributed by atoms with Crippen LogP contribution in [0.4, 0.5) is 0 Å². The van der Waals surface area contributed by atoms with Crippen LogP contribution in [-0.2, 0) is 52.2 Å². The molecule has 0 heterocycles. The summed E-state index contributed by atoms with van der Waals surface area (Å²) in [6.45, 7) is 0. The molecule has 0 bridgehead atoms. The van der Waals surface area contributed by atoms with Crippen LogP contribution in [0.1, 0.15) is 0 Å². The van der Waals surface area contributed by atoms with Gasteiger partial charge in [0.25, 0.3) is 0 Å². The zero-order valence-electron chi connectivity index (χ0n) is 3.93. The summed E-state index contributed by atoms with van der Waals surface area (Å²) < 4.78 is 0. The zero-order chi connectivity index (χ0) is 0. The van der Waals surface area contributed by atoms with Crippen LogP contribution < -0.4 is 0 Å². The van der Waals surface area contributed by atoms with E-state index in [1.54, 1.807) is 0 Å². The second-order valence-corrected chi connectivity index (χ2v) is 0. The Morgan fingerprint density at radius 2 is 0.600 bits per heavy atom. The third kappa shape index (κ3) is 26.7. The molecule has 2 radical (unpaired) electrons. The molecule has 0 aliphatic rings. The molecule has 2 heteroatoms. The minimum absolute atomic E-state index is 0. The van der Waals surface area contributed by atoms with Crippen LogP contribution in [0.2, 0.25) is 0 Å². The predicted octanol–water partition coefficient (Wildman–Crippen LogP) is 1.35. The Kier molecular flexibility index (Phi) is 635. The van der Waals surface area contributed by atoms with Crippen molar-refractivity contribution in [2.24, 2.45) is 0 Å². The smallest absolute Gasteiger partial charge is 0.358 e. The molecule has 0 aromatic rings. The van der Waals surface area contributed by atoms with Gasteiger partial charge in [-0.3, -0.25) is 0 Å². The molecule has 0 aromatic carbocycles. The molecule has 0 atom stereocenters. The Bertz CT molecular complexity index is 6.85. The third-order valence-electron chi connectivity index (χ3n) is 0. The van der Waals surface area contributed by atoms with Crippen molar-refractivity contribution in [1.82, 2.24) is 0 Å². The molecule has 5 heavy (non-hydrogen) atoms. The van der Waals surface area contributed by atoms with Crippen LogP contribution in [0.25, 0.3) is 0 Å². The van der Waals surface area contributed by atoms with Gasteiger partial charge < -0.3 is 22.3 Å². The Morgan fingerprint density at radius 1 is 0.600 bits per heavy atom. The van der Waals surface area contributed by atoms with Crippen molar-refractivity contribution in [3.8, 4) is 0 Å². The van der Waals surface area contributed by atoms with Crippen molar-refractivity contribution in [1.29, 1.82) is 0 Å². The molecule has 0 unspecified atom stereocenters. The van der Waals surface area contributed by atoms with Crippen molar-refractivity contribution in [2.75, 3.05) is 0 Å². The topological polar surface area (TPSA) is 0 Å². The standard InChI is InChI=1S/3CH3.Ru.Y/h3*1H3;;/q3*-1;+3;. The van der Waals surface area contributed by atoms with Gasteiger partial charge in [0.1, 0.15) is 0 Å². The van der Waals surface area contributed by atoms with Crippen molar-refractivity contribution in [2.45, 2.75) is 0 Å². The van der Waals surface area contributed by atoms with Crippen molar-refractivity contribution in [3.63, 3.8) is 0 Å². The summed E-state index contributed by atoms with van der Waals surface area (Å²) in [6, 6.07) is 0. The molecule has 0 N–H and O–H groups in total. The summed E-state index contributed by atoms with van der Waals surface area (Å²) >= 11 is 0. The molecule has 32 valence electrons. The largest absolute Gasteiger partial charge is 3.00 e. The maximum absolute atomic E-state index is 0. The van der Waals surface area contributed by atoms with Crippen LogP contribution in [0.15, 0.2) is 0 Å². The first kappa shape index (κ1) is 74.0. The normalized spacial score (nSPS) is 0. The van der Waals surface area contributed by atoms with Gasteiger partial charge in [0.2, 0.25) is 0 Å². The predicted molar refractivity (Wildman–Crippen MR) is 19.2 cm³/mol. The van der Waals surface area contributed by atoms with Gasteiger partial charge in [-0.2, -0.15) is 0 Å². The molecule has 0 aliphatic carbocycles. The molecule has 0 aromatic heterocycles. The first-order valence-electron chi connectivity index (χ1n) is 0. The van der Waals surface area contributed by atoms with Crippen molar-refractivity contribution in [3.05, 3.63) is 22.3 Å². The molecule has 0 saturated carbocycles. The van der Waals surface area contributed by atoms with Crippen LogP contribution in [0, 0.1) is 22.3 Å². The second kappa shape index (κ2) is 42.9. The van der Waals surface area contributed by atoms with Gasteiger partial charge in [0, 0.05) is 32.7 Å². The minimum Gasteiger partial charge on any atom is -0.358 e. The molecular weight excluding hydrogens is 226 g/mol. The van der Waals surface area contributed by atoms with E-state index >= 15 is 0 Å². The maximum atomic E-state index is 0. The summed E-state index contributed by atoms with van der Waals surface area (Å²) in [7, 11) is 0. The van der Waals surface area contributed by atoms with Gasteiger partial charge in [-0.05, 0) is 0 Å². The first-order chi connectivity index (χ1) is 0. The third-order valence-corrected chi connectivity index (χ3v) is 0. The molecule has 0 saturated heterocycles. The van der Waals surface area contributed by atoms with Crippen molar-refractivity contribution < 1.29 is 52.2 Å². The van der Waals surface area contributed by atoms with E-state index in [4.69, 9.17) is 0 Å². The summed E-state index contributed by atoms with van der Waals surface area (Å²) in [5.41, 5.74) is 0. The zero-order valence-corrected chi connectivity index (χ0v) is 8.51. The van der Waals surface area contributed by atoms with E-state index in [0.29, 0.717) is 0 Å². The molecule has 0 amide bonds. The fourth-order valence-electron chi connectivity index (χ4n) is 0. The van der Waals surface area contributed by atoms with Gasteiger partial charge in [-0.15, -0.1) is 0 Å². The second-order valence-electron chi connectivity index (χ2n) is 0.